The van der Waals surface area contributed by atoms with Gasteiger partial charge in [0, 0.05) is 49.8 Å². The van der Waals surface area contributed by atoms with Crippen molar-refractivity contribution < 1.29 is 19.4 Å². The van der Waals surface area contributed by atoms with Crippen LogP contribution in [0.4, 0.5) is 0 Å². The largest absolute Gasteiger partial charge is 0.461 e. The number of furan rings is 1. The highest BCUT2D eigenvalue weighted by atomic mass is 16.3. The van der Waals surface area contributed by atoms with Gasteiger partial charge in [0.25, 0.3) is 5.91 Å². The van der Waals surface area contributed by atoms with E-state index < -0.39 is 0 Å². The summed E-state index contributed by atoms with van der Waals surface area (Å²) in [6.07, 6.45) is 0. The van der Waals surface area contributed by atoms with Gasteiger partial charge in [-0.05, 0) is 44.2 Å². The van der Waals surface area contributed by atoms with Crippen LogP contribution >= 0.6 is 0 Å². The molecule has 2 N–H and O–H groups in total. The first kappa shape index (κ1) is 19.6. The number of aryl methyl sites for hydroxylation is 1. The third kappa shape index (κ3) is 4.58. The highest BCUT2D eigenvalue weighted by Crippen LogP contribution is 2.27. The van der Waals surface area contributed by atoms with E-state index in [-0.39, 0.29) is 31.0 Å². The minimum atomic E-state index is -0.0112. The van der Waals surface area contributed by atoms with Crippen molar-refractivity contribution in [3.8, 4) is 11.3 Å². The normalized spacial score (nSPS) is 19.8. The van der Waals surface area contributed by atoms with E-state index in [0.29, 0.717) is 25.2 Å². The summed E-state index contributed by atoms with van der Waals surface area (Å²) in [6, 6.07) is 11.3. The first-order valence-electron chi connectivity index (χ1n) is 9.38. The third-order valence-electron chi connectivity index (χ3n) is 5.28. The van der Waals surface area contributed by atoms with Crippen molar-refractivity contribution in [1.82, 2.24) is 9.80 Å². The fourth-order valence-corrected chi connectivity index (χ4v) is 3.73. The molecular formula is C21H28N2O4. The van der Waals surface area contributed by atoms with Crippen molar-refractivity contribution >= 4 is 5.91 Å². The number of carbonyl (C=O) groups is 1. The number of amides is 1. The fraction of sp³-hybridized carbons (Fsp3) is 0.476. The highest BCUT2D eigenvalue weighted by molar-refractivity contribution is 5.94. The SMILES string of the molecule is Cc1ccc(-c2ccc(C(=O)N3C[C@@H](CN(C)CCO)[C@@H](CO)C3)cc2)o1. The Hall–Kier alpha value is -2.15. The maximum absolute atomic E-state index is 12.9. The van der Waals surface area contributed by atoms with Gasteiger partial charge in [0.1, 0.15) is 11.5 Å². The number of hydrogen-bond acceptors (Lipinski definition) is 5. The number of likely N-dealkylation sites (tertiary alicyclic amines) is 1. The van der Waals surface area contributed by atoms with Gasteiger partial charge in [-0.1, -0.05) is 12.1 Å². The zero-order valence-electron chi connectivity index (χ0n) is 16.0. The van der Waals surface area contributed by atoms with E-state index in [4.69, 9.17) is 9.52 Å². The molecule has 6 heteroatoms. The molecule has 1 aromatic heterocycles. The molecule has 2 atom stereocenters. The van der Waals surface area contributed by atoms with Crippen LogP contribution in [0, 0.1) is 18.8 Å². The summed E-state index contributed by atoms with van der Waals surface area (Å²) >= 11 is 0. The minimum Gasteiger partial charge on any atom is -0.461 e. The lowest BCUT2D eigenvalue weighted by molar-refractivity contribution is 0.0779. The minimum absolute atomic E-state index is 0.0112. The molecule has 2 aromatic rings. The molecule has 3 rings (SSSR count). The average Bonchev–Trinajstić information content (AvgIpc) is 3.27. The Bertz CT molecular complexity index is 756. The first-order chi connectivity index (χ1) is 13.0. The molecule has 1 aliphatic heterocycles. The molecular weight excluding hydrogens is 344 g/mol. The maximum atomic E-state index is 12.9. The molecule has 0 saturated carbocycles. The quantitative estimate of drug-likeness (QED) is 0.776. The number of carbonyl (C=O) groups excluding carboxylic acids is 1. The van der Waals surface area contributed by atoms with Crippen LogP contribution in [-0.2, 0) is 0 Å². The Balaban J connectivity index is 1.66. The van der Waals surface area contributed by atoms with Crippen LogP contribution in [0.5, 0.6) is 0 Å². The molecule has 0 bridgehead atoms. The summed E-state index contributed by atoms with van der Waals surface area (Å²) in [7, 11) is 1.95. The molecule has 1 aliphatic rings. The Morgan fingerprint density at radius 2 is 1.85 bits per heavy atom. The smallest absolute Gasteiger partial charge is 0.253 e. The van der Waals surface area contributed by atoms with Crippen LogP contribution in [-0.4, -0.2) is 72.4 Å². The average molecular weight is 372 g/mol. The zero-order chi connectivity index (χ0) is 19.4. The summed E-state index contributed by atoms with van der Waals surface area (Å²) in [5, 5.41) is 18.8. The van der Waals surface area contributed by atoms with E-state index >= 15 is 0 Å². The molecule has 1 fully saturated rings. The summed E-state index contributed by atoms with van der Waals surface area (Å²) in [4.78, 5) is 16.8. The molecule has 2 heterocycles. The number of hydrogen-bond donors (Lipinski definition) is 2. The van der Waals surface area contributed by atoms with Gasteiger partial charge in [-0.2, -0.15) is 0 Å². The van der Waals surface area contributed by atoms with Crippen LogP contribution in [0.2, 0.25) is 0 Å². The number of rotatable bonds is 7. The predicted octanol–water partition coefficient (Wildman–Crippen LogP) is 1.86. The summed E-state index contributed by atoms with van der Waals surface area (Å²) in [5.41, 5.74) is 1.58. The van der Waals surface area contributed by atoms with Crippen LogP contribution in [0.1, 0.15) is 16.1 Å². The van der Waals surface area contributed by atoms with E-state index in [1.54, 1.807) is 0 Å². The molecule has 0 aliphatic carbocycles. The van der Waals surface area contributed by atoms with Gasteiger partial charge in [-0.25, -0.2) is 0 Å². The maximum Gasteiger partial charge on any atom is 0.253 e. The van der Waals surface area contributed by atoms with E-state index in [1.165, 1.54) is 0 Å². The van der Waals surface area contributed by atoms with Gasteiger partial charge in [0.05, 0.1) is 6.61 Å². The standard InChI is InChI=1S/C21H28N2O4/c1-15-3-8-20(27-15)16-4-6-17(7-5-16)21(26)23-12-18(19(13-23)14-25)11-22(2)9-10-24/h3-8,18-19,24-25H,9-14H2,1-2H3/t18-,19-/m1/s1. The second kappa shape index (κ2) is 8.69. The second-order valence-corrected chi connectivity index (χ2v) is 7.39. The molecule has 27 heavy (non-hydrogen) atoms. The van der Waals surface area contributed by atoms with Crippen LogP contribution in [0.15, 0.2) is 40.8 Å². The highest BCUT2D eigenvalue weighted by Gasteiger charge is 2.35. The Labute approximate surface area is 160 Å². The van der Waals surface area contributed by atoms with Crippen molar-refractivity contribution in [2.75, 3.05) is 46.4 Å². The lowest BCUT2D eigenvalue weighted by Crippen LogP contribution is -2.33. The molecule has 146 valence electrons. The molecule has 0 spiro atoms. The summed E-state index contributed by atoms with van der Waals surface area (Å²) < 4.78 is 5.62. The van der Waals surface area contributed by atoms with Crippen molar-refractivity contribution in [2.24, 2.45) is 11.8 Å². The zero-order valence-corrected chi connectivity index (χ0v) is 16.0. The van der Waals surface area contributed by atoms with Gasteiger partial charge in [-0.3, -0.25) is 4.79 Å². The predicted molar refractivity (Wildman–Crippen MR) is 103 cm³/mol. The third-order valence-corrected chi connectivity index (χ3v) is 5.28. The topological polar surface area (TPSA) is 77.2 Å². The number of nitrogens with zero attached hydrogens (tertiary/aromatic N) is 2. The lowest BCUT2D eigenvalue weighted by Gasteiger charge is -2.23. The Morgan fingerprint density at radius 3 is 2.44 bits per heavy atom. The summed E-state index contributed by atoms with van der Waals surface area (Å²) in [5.74, 6) is 1.92. The second-order valence-electron chi connectivity index (χ2n) is 7.39. The van der Waals surface area contributed by atoms with Gasteiger partial charge < -0.3 is 24.4 Å². The Kier molecular flexibility index (Phi) is 6.31. The molecule has 1 saturated heterocycles. The van der Waals surface area contributed by atoms with Gasteiger partial charge in [0.15, 0.2) is 0 Å². The van der Waals surface area contributed by atoms with Gasteiger partial charge >= 0.3 is 0 Å². The number of benzene rings is 1. The van der Waals surface area contributed by atoms with E-state index in [0.717, 1.165) is 23.6 Å². The van der Waals surface area contributed by atoms with Crippen molar-refractivity contribution in [3.05, 3.63) is 47.7 Å². The van der Waals surface area contributed by atoms with E-state index in [9.17, 15) is 9.90 Å². The first-order valence-corrected chi connectivity index (χ1v) is 9.38. The summed E-state index contributed by atoms with van der Waals surface area (Å²) in [6.45, 7) is 4.61. The van der Waals surface area contributed by atoms with Gasteiger partial charge in [0.2, 0.25) is 0 Å². The lowest BCUT2D eigenvalue weighted by atomic mass is 9.96. The van der Waals surface area contributed by atoms with Crippen molar-refractivity contribution in [1.29, 1.82) is 0 Å². The Morgan fingerprint density at radius 1 is 1.15 bits per heavy atom. The molecule has 1 aromatic carbocycles. The molecule has 0 unspecified atom stereocenters. The number of aliphatic hydroxyl groups is 2. The van der Waals surface area contributed by atoms with Crippen LogP contribution in [0.25, 0.3) is 11.3 Å². The number of aliphatic hydroxyl groups excluding tert-OH is 2. The van der Waals surface area contributed by atoms with E-state index in [2.05, 4.69) is 0 Å². The fourth-order valence-electron chi connectivity index (χ4n) is 3.73. The monoisotopic (exact) mass is 372 g/mol. The van der Waals surface area contributed by atoms with Crippen molar-refractivity contribution in [2.45, 2.75) is 6.92 Å². The van der Waals surface area contributed by atoms with Gasteiger partial charge in [-0.15, -0.1) is 0 Å². The molecule has 6 nitrogen and oxygen atoms in total. The van der Waals surface area contributed by atoms with E-state index in [1.807, 2.05) is 60.2 Å². The molecule has 1 amide bonds. The van der Waals surface area contributed by atoms with Crippen LogP contribution < -0.4 is 0 Å². The molecule has 0 radical (unpaired) electrons. The van der Waals surface area contributed by atoms with Crippen molar-refractivity contribution in [3.63, 3.8) is 0 Å². The number of likely N-dealkylation sites (N-methyl/N-ethyl adjacent to an activating group) is 1. The van der Waals surface area contributed by atoms with Crippen LogP contribution in [0.3, 0.4) is 0 Å².